The van der Waals surface area contributed by atoms with E-state index in [0.717, 1.165) is 0 Å². The van der Waals surface area contributed by atoms with Crippen LogP contribution in [0.2, 0.25) is 0 Å². The smallest absolute Gasteiger partial charge is 0.387 e. The minimum absolute atomic E-state index is 0.0421. The van der Waals surface area contributed by atoms with Gasteiger partial charge in [0.2, 0.25) is 0 Å². The maximum Gasteiger partial charge on any atom is 0.387 e. The van der Waals surface area contributed by atoms with Gasteiger partial charge in [0.15, 0.2) is 11.5 Å². The third-order valence-electron chi connectivity index (χ3n) is 3.33. The number of aromatic nitrogens is 2. The zero-order chi connectivity index (χ0) is 17.9. The van der Waals surface area contributed by atoms with Crippen molar-refractivity contribution >= 4 is 21.6 Å². The van der Waals surface area contributed by atoms with Gasteiger partial charge in [-0.25, -0.2) is 4.68 Å². The van der Waals surface area contributed by atoms with E-state index in [-0.39, 0.29) is 17.1 Å². The molecule has 0 atom stereocenters. The maximum atomic E-state index is 12.5. The Labute approximate surface area is 145 Å². The van der Waals surface area contributed by atoms with Gasteiger partial charge in [0, 0.05) is 20.6 Å². The second-order valence-electron chi connectivity index (χ2n) is 4.99. The molecule has 0 radical (unpaired) electrons. The molecular formula is C15H16BrF2N3O3. The van der Waals surface area contributed by atoms with Crippen LogP contribution in [0.5, 0.6) is 11.5 Å². The van der Waals surface area contributed by atoms with Crippen LogP contribution in [0.1, 0.15) is 5.56 Å². The number of benzene rings is 1. The predicted molar refractivity (Wildman–Crippen MR) is 88.9 cm³/mol. The van der Waals surface area contributed by atoms with Crippen molar-refractivity contribution in [3.63, 3.8) is 0 Å². The molecule has 2 aromatic rings. The van der Waals surface area contributed by atoms with Crippen LogP contribution in [-0.4, -0.2) is 30.5 Å². The molecule has 24 heavy (non-hydrogen) atoms. The zero-order valence-corrected chi connectivity index (χ0v) is 14.9. The van der Waals surface area contributed by atoms with E-state index >= 15 is 0 Å². The standard InChI is InChI=1S/C15H16BrF2N3O3/c1-20(10-7-19-21(2)14(22)13(10)16)8-9-4-5-11(23-3)12(6-9)24-15(17)18/h4-7,15H,8H2,1-3H3. The third-order valence-corrected chi connectivity index (χ3v) is 4.08. The Morgan fingerprint density at radius 1 is 1.38 bits per heavy atom. The summed E-state index contributed by atoms with van der Waals surface area (Å²) >= 11 is 3.26. The summed E-state index contributed by atoms with van der Waals surface area (Å²) in [4.78, 5) is 13.7. The Kier molecular flexibility index (Phi) is 5.76. The molecule has 1 aromatic carbocycles. The Balaban J connectivity index is 2.27. The number of rotatable bonds is 6. The van der Waals surface area contributed by atoms with Crippen LogP contribution < -0.4 is 19.9 Å². The molecule has 0 unspecified atom stereocenters. The summed E-state index contributed by atoms with van der Waals surface area (Å²) in [6.45, 7) is -2.58. The molecule has 0 saturated heterocycles. The van der Waals surface area contributed by atoms with E-state index < -0.39 is 6.61 Å². The van der Waals surface area contributed by atoms with E-state index in [0.29, 0.717) is 22.3 Å². The van der Waals surface area contributed by atoms with Gasteiger partial charge in [0.25, 0.3) is 5.56 Å². The number of hydrogen-bond donors (Lipinski definition) is 0. The number of aryl methyl sites for hydroxylation is 1. The molecule has 0 N–H and O–H groups in total. The monoisotopic (exact) mass is 403 g/mol. The largest absolute Gasteiger partial charge is 0.493 e. The lowest BCUT2D eigenvalue weighted by atomic mass is 10.2. The van der Waals surface area contributed by atoms with Gasteiger partial charge in [0.05, 0.1) is 19.0 Å². The summed E-state index contributed by atoms with van der Waals surface area (Å²) in [5, 5.41) is 3.98. The highest BCUT2D eigenvalue weighted by molar-refractivity contribution is 9.10. The first-order chi connectivity index (χ1) is 11.3. The molecule has 6 nitrogen and oxygen atoms in total. The van der Waals surface area contributed by atoms with Crippen molar-refractivity contribution in [3.05, 3.63) is 44.8 Å². The molecule has 0 saturated carbocycles. The Hall–Kier alpha value is -2.16. The minimum Gasteiger partial charge on any atom is -0.493 e. The summed E-state index contributed by atoms with van der Waals surface area (Å²) in [5.41, 5.74) is 1.03. The summed E-state index contributed by atoms with van der Waals surface area (Å²) in [6, 6.07) is 4.76. The summed E-state index contributed by atoms with van der Waals surface area (Å²) in [7, 11) is 4.69. The first kappa shape index (κ1) is 18.2. The average molecular weight is 404 g/mol. The highest BCUT2D eigenvalue weighted by atomic mass is 79.9. The van der Waals surface area contributed by atoms with Crippen molar-refractivity contribution in [1.29, 1.82) is 0 Å². The lowest BCUT2D eigenvalue weighted by Gasteiger charge is -2.21. The lowest BCUT2D eigenvalue weighted by molar-refractivity contribution is -0.0512. The van der Waals surface area contributed by atoms with Crippen LogP contribution in [0, 0.1) is 0 Å². The summed E-state index contributed by atoms with van der Waals surface area (Å²) in [6.07, 6.45) is 1.55. The Morgan fingerprint density at radius 2 is 2.08 bits per heavy atom. The molecule has 0 bridgehead atoms. The summed E-state index contributed by atoms with van der Waals surface area (Å²) in [5.74, 6) is 0.178. The van der Waals surface area contributed by atoms with Crippen LogP contribution in [0.4, 0.5) is 14.5 Å². The molecule has 0 aliphatic rings. The fourth-order valence-corrected chi connectivity index (χ4v) is 2.80. The maximum absolute atomic E-state index is 12.5. The molecule has 1 aromatic heterocycles. The van der Waals surface area contributed by atoms with Crippen molar-refractivity contribution in [2.45, 2.75) is 13.2 Å². The number of anilines is 1. The van der Waals surface area contributed by atoms with Gasteiger partial charge >= 0.3 is 6.61 Å². The predicted octanol–water partition coefficient (Wildman–Crippen LogP) is 2.79. The second-order valence-corrected chi connectivity index (χ2v) is 5.79. The molecule has 0 aliphatic carbocycles. The molecule has 0 aliphatic heterocycles. The van der Waals surface area contributed by atoms with E-state index in [9.17, 15) is 13.6 Å². The van der Waals surface area contributed by atoms with Crippen LogP contribution >= 0.6 is 15.9 Å². The van der Waals surface area contributed by atoms with E-state index in [2.05, 4.69) is 25.8 Å². The Bertz CT molecular complexity index is 783. The first-order valence-electron chi connectivity index (χ1n) is 6.88. The summed E-state index contributed by atoms with van der Waals surface area (Å²) < 4.78 is 36.0. The van der Waals surface area contributed by atoms with Gasteiger partial charge in [0.1, 0.15) is 4.47 Å². The van der Waals surface area contributed by atoms with Crippen LogP contribution in [0.15, 0.2) is 33.7 Å². The highest BCUT2D eigenvalue weighted by Gasteiger charge is 2.14. The SMILES string of the molecule is COc1ccc(CN(C)c2cnn(C)c(=O)c2Br)cc1OC(F)F. The topological polar surface area (TPSA) is 56.6 Å². The van der Waals surface area contributed by atoms with Gasteiger partial charge in [-0.2, -0.15) is 13.9 Å². The van der Waals surface area contributed by atoms with E-state index in [4.69, 9.17) is 4.74 Å². The van der Waals surface area contributed by atoms with Gasteiger partial charge in [-0.15, -0.1) is 0 Å². The number of methoxy groups -OCH3 is 1. The minimum atomic E-state index is -2.94. The fraction of sp³-hybridized carbons (Fsp3) is 0.333. The molecule has 9 heteroatoms. The molecule has 0 spiro atoms. The molecule has 2 rings (SSSR count). The van der Waals surface area contributed by atoms with Gasteiger partial charge in [-0.05, 0) is 33.6 Å². The van der Waals surface area contributed by atoms with Crippen molar-refractivity contribution in [3.8, 4) is 11.5 Å². The molecule has 1 heterocycles. The van der Waals surface area contributed by atoms with Crippen LogP contribution in [0.25, 0.3) is 0 Å². The number of hydrogen-bond acceptors (Lipinski definition) is 5. The molecule has 0 fully saturated rings. The van der Waals surface area contributed by atoms with Gasteiger partial charge in [-0.1, -0.05) is 6.07 Å². The van der Waals surface area contributed by atoms with Gasteiger partial charge in [-0.3, -0.25) is 4.79 Å². The van der Waals surface area contributed by atoms with Crippen molar-refractivity contribution < 1.29 is 18.3 Å². The normalized spacial score (nSPS) is 10.8. The van der Waals surface area contributed by atoms with Crippen LogP contribution in [0.3, 0.4) is 0 Å². The van der Waals surface area contributed by atoms with Crippen molar-refractivity contribution in [2.75, 3.05) is 19.1 Å². The second kappa shape index (κ2) is 7.61. The van der Waals surface area contributed by atoms with E-state index in [1.807, 2.05) is 0 Å². The number of alkyl halides is 2. The van der Waals surface area contributed by atoms with E-state index in [1.165, 1.54) is 17.9 Å². The number of nitrogens with zero attached hydrogens (tertiary/aromatic N) is 3. The van der Waals surface area contributed by atoms with E-state index in [1.54, 1.807) is 37.3 Å². The quantitative estimate of drug-likeness (QED) is 0.742. The molecule has 130 valence electrons. The lowest BCUT2D eigenvalue weighted by Crippen LogP contribution is -2.25. The van der Waals surface area contributed by atoms with Crippen molar-refractivity contribution in [1.82, 2.24) is 9.78 Å². The Morgan fingerprint density at radius 3 is 2.71 bits per heavy atom. The number of halogens is 3. The molecule has 0 amide bonds. The van der Waals surface area contributed by atoms with Crippen molar-refractivity contribution in [2.24, 2.45) is 7.05 Å². The first-order valence-corrected chi connectivity index (χ1v) is 7.67. The number of ether oxygens (including phenoxy) is 2. The highest BCUT2D eigenvalue weighted by Crippen LogP contribution is 2.30. The third kappa shape index (κ3) is 4.02. The van der Waals surface area contributed by atoms with Crippen LogP contribution in [-0.2, 0) is 13.6 Å². The fourth-order valence-electron chi connectivity index (χ4n) is 2.13. The average Bonchev–Trinajstić information content (AvgIpc) is 2.52. The zero-order valence-electron chi connectivity index (χ0n) is 13.3. The molecular weight excluding hydrogens is 388 g/mol. The van der Waals surface area contributed by atoms with Gasteiger partial charge < -0.3 is 14.4 Å².